The molecule has 0 bridgehead atoms. The summed E-state index contributed by atoms with van der Waals surface area (Å²) < 4.78 is 63.6. The number of rotatable bonds is 6. The summed E-state index contributed by atoms with van der Waals surface area (Å²) in [5.41, 5.74) is -5.46. The Morgan fingerprint density at radius 3 is 2.62 bits per heavy atom. The molecule has 1 aromatic carbocycles. The van der Waals surface area contributed by atoms with E-state index in [9.17, 15) is 21.6 Å². The van der Waals surface area contributed by atoms with Gasteiger partial charge in [-0.3, -0.25) is 5.10 Å². The van der Waals surface area contributed by atoms with Crippen molar-refractivity contribution in [2.75, 3.05) is 11.9 Å². The van der Waals surface area contributed by atoms with Crippen molar-refractivity contribution in [3.63, 3.8) is 0 Å². The number of H-pyrrole nitrogens is 1. The summed E-state index contributed by atoms with van der Waals surface area (Å²) in [6, 6.07) is 4.91. The first-order chi connectivity index (χ1) is 11.2. The van der Waals surface area contributed by atoms with Gasteiger partial charge in [-0.25, -0.2) is 8.42 Å². The predicted molar refractivity (Wildman–Crippen MR) is 85.0 cm³/mol. The van der Waals surface area contributed by atoms with E-state index in [1.807, 2.05) is 6.92 Å². The number of nitrogens with one attached hydrogen (secondary N) is 2. The minimum Gasteiger partial charge on any atom is -0.384 e. The highest BCUT2D eigenvalue weighted by Gasteiger charge is 2.47. The van der Waals surface area contributed by atoms with Gasteiger partial charge in [-0.05, 0) is 31.3 Å². The van der Waals surface area contributed by atoms with Crippen LogP contribution in [0.3, 0.4) is 0 Å². The van der Waals surface area contributed by atoms with Gasteiger partial charge in [-0.2, -0.15) is 18.3 Å². The van der Waals surface area contributed by atoms with Crippen molar-refractivity contribution >= 4 is 27.7 Å². The second-order valence-corrected chi connectivity index (χ2v) is 7.11. The van der Waals surface area contributed by atoms with Crippen molar-refractivity contribution in [3.05, 3.63) is 34.9 Å². The smallest absolute Gasteiger partial charge is 0.384 e. The van der Waals surface area contributed by atoms with Gasteiger partial charge in [0, 0.05) is 19.5 Å². The summed E-state index contributed by atoms with van der Waals surface area (Å²) in [6.07, 6.45) is 0.362. The molecule has 0 aliphatic rings. The number of hydrogen-bond donors (Lipinski definition) is 2. The molecule has 11 heteroatoms. The number of aromatic amines is 1. The predicted octanol–water partition coefficient (Wildman–Crippen LogP) is 2.91. The third-order valence-electron chi connectivity index (χ3n) is 3.30. The zero-order valence-electron chi connectivity index (χ0n) is 12.6. The number of hydrogen-bond acceptors (Lipinski definition) is 5. The van der Waals surface area contributed by atoms with Crippen LogP contribution in [0.2, 0.25) is 0 Å². The molecule has 0 amide bonds. The molecule has 1 aromatic heterocycles. The second-order valence-electron chi connectivity index (χ2n) is 4.81. The van der Waals surface area contributed by atoms with Crippen LogP contribution in [0.5, 0.6) is 0 Å². The lowest BCUT2D eigenvalue weighted by atomic mass is 10.3. The third kappa shape index (κ3) is 3.61. The molecule has 132 valence electrons. The molecule has 0 radical (unpaired) electrons. The molecular weight excluding hydrogens is 365 g/mol. The van der Waals surface area contributed by atoms with E-state index in [1.165, 1.54) is 18.2 Å². The van der Waals surface area contributed by atoms with Gasteiger partial charge < -0.3 is 9.88 Å². The molecule has 0 unspecified atom stereocenters. The average molecular weight is 380 g/mol. The van der Waals surface area contributed by atoms with E-state index < -0.39 is 20.2 Å². The van der Waals surface area contributed by atoms with Crippen LogP contribution in [-0.2, 0) is 22.8 Å². The number of aromatic nitrogens is 3. The Balaban J connectivity index is 2.19. The SMILES string of the molecule is CCn1c(CCNc2ccccc2S(=O)(=O)C(F)(F)F)n[nH]c1=S. The van der Waals surface area contributed by atoms with Gasteiger partial charge >= 0.3 is 5.51 Å². The highest BCUT2D eigenvalue weighted by Crippen LogP contribution is 2.34. The van der Waals surface area contributed by atoms with E-state index in [0.29, 0.717) is 23.6 Å². The Morgan fingerprint density at radius 1 is 1.33 bits per heavy atom. The fourth-order valence-electron chi connectivity index (χ4n) is 2.15. The number of alkyl halides is 3. The lowest BCUT2D eigenvalue weighted by molar-refractivity contribution is -0.0435. The van der Waals surface area contributed by atoms with E-state index in [0.717, 1.165) is 6.07 Å². The number of sulfone groups is 1. The molecular formula is C13H15F3N4O2S2. The Morgan fingerprint density at radius 2 is 2.00 bits per heavy atom. The zero-order chi connectivity index (χ0) is 18.0. The maximum atomic E-state index is 12.7. The van der Waals surface area contributed by atoms with Crippen molar-refractivity contribution in [3.8, 4) is 0 Å². The normalized spacial score (nSPS) is 12.3. The molecule has 0 atom stereocenters. The van der Waals surface area contributed by atoms with Crippen LogP contribution in [0.25, 0.3) is 0 Å². The van der Waals surface area contributed by atoms with E-state index in [-0.39, 0.29) is 12.2 Å². The highest BCUT2D eigenvalue weighted by molar-refractivity contribution is 7.92. The van der Waals surface area contributed by atoms with Crippen LogP contribution < -0.4 is 5.32 Å². The number of nitrogens with zero attached hydrogens (tertiary/aromatic N) is 2. The van der Waals surface area contributed by atoms with Crippen molar-refractivity contribution in [1.29, 1.82) is 0 Å². The molecule has 0 spiro atoms. The highest BCUT2D eigenvalue weighted by atomic mass is 32.2. The maximum absolute atomic E-state index is 12.7. The molecule has 0 fully saturated rings. The van der Waals surface area contributed by atoms with Crippen molar-refractivity contribution < 1.29 is 21.6 Å². The second kappa shape index (κ2) is 6.93. The first-order valence-corrected chi connectivity index (χ1v) is 8.86. The zero-order valence-corrected chi connectivity index (χ0v) is 14.2. The van der Waals surface area contributed by atoms with Gasteiger partial charge in [0.05, 0.1) is 10.6 Å². The van der Waals surface area contributed by atoms with Gasteiger partial charge in [0.15, 0.2) is 4.77 Å². The minimum atomic E-state index is -5.42. The molecule has 2 rings (SSSR count). The number of para-hydroxylation sites is 1. The quantitative estimate of drug-likeness (QED) is 0.754. The van der Waals surface area contributed by atoms with Gasteiger partial charge in [-0.15, -0.1) is 0 Å². The lowest BCUT2D eigenvalue weighted by Crippen LogP contribution is -2.24. The van der Waals surface area contributed by atoms with Crippen LogP contribution in [0.4, 0.5) is 18.9 Å². The molecule has 0 saturated carbocycles. The lowest BCUT2D eigenvalue weighted by Gasteiger charge is -2.14. The van der Waals surface area contributed by atoms with Crippen LogP contribution in [0, 0.1) is 4.77 Å². The maximum Gasteiger partial charge on any atom is 0.501 e. The van der Waals surface area contributed by atoms with Crippen LogP contribution in [-0.4, -0.2) is 35.2 Å². The number of halogens is 3. The molecule has 0 aliphatic heterocycles. The fourth-order valence-corrected chi connectivity index (χ4v) is 3.36. The summed E-state index contributed by atoms with van der Waals surface area (Å²) in [6.45, 7) is 2.68. The summed E-state index contributed by atoms with van der Waals surface area (Å²) in [7, 11) is -5.42. The Bertz CT molecular complexity index is 872. The third-order valence-corrected chi connectivity index (χ3v) is 5.16. The summed E-state index contributed by atoms with van der Waals surface area (Å²) in [5.74, 6) is 0.631. The summed E-state index contributed by atoms with van der Waals surface area (Å²) >= 11 is 5.05. The van der Waals surface area contributed by atoms with Crippen LogP contribution >= 0.6 is 12.2 Å². The Hall–Kier alpha value is -1.88. The number of anilines is 1. The molecule has 24 heavy (non-hydrogen) atoms. The standard InChI is InChI=1S/C13H15F3N4O2S2/c1-2-20-11(18-19-12(20)23)7-8-17-9-5-3-4-6-10(9)24(21,22)13(14,15)16/h3-6,17H,2,7-8H2,1H3,(H,19,23). The Labute approximate surface area is 141 Å². The molecule has 1 heterocycles. The molecule has 2 N–H and O–H groups in total. The van der Waals surface area contributed by atoms with E-state index in [2.05, 4.69) is 15.5 Å². The summed E-state index contributed by atoms with van der Waals surface area (Å²) in [5, 5.41) is 9.39. The van der Waals surface area contributed by atoms with Crippen LogP contribution in [0.1, 0.15) is 12.7 Å². The molecule has 6 nitrogen and oxygen atoms in total. The number of benzene rings is 1. The van der Waals surface area contributed by atoms with E-state index >= 15 is 0 Å². The first kappa shape index (κ1) is 18.5. The van der Waals surface area contributed by atoms with Gasteiger partial charge in [0.2, 0.25) is 0 Å². The fraction of sp³-hybridized carbons (Fsp3) is 0.385. The van der Waals surface area contributed by atoms with Crippen molar-refractivity contribution in [2.24, 2.45) is 0 Å². The molecule has 2 aromatic rings. The van der Waals surface area contributed by atoms with Crippen molar-refractivity contribution in [2.45, 2.75) is 30.3 Å². The summed E-state index contributed by atoms with van der Waals surface area (Å²) in [4.78, 5) is -0.799. The van der Waals surface area contributed by atoms with E-state index in [4.69, 9.17) is 12.2 Å². The van der Waals surface area contributed by atoms with Gasteiger partial charge in [0.25, 0.3) is 9.84 Å². The van der Waals surface area contributed by atoms with Crippen molar-refractivity contribution in [1.82, 2.24) is 14.8 Å². The molecule has 0 aliphatic carbocycles. The van der Waals surface area contributed by atoms with E-state index in [1.54, 1.807) is 4.57 Å². The van der Waals surface area contributed by atoms with Crippen LogP contribution in [0.15, 0.2) is 29.2 Å². The Kier molecular flexibility index (Phi) is 5.33. The average Bonchev–Trinajstić information content (AvgIpc) is 2.86. The van der Waals surface area contributed by atoms with Gasteiger partial charge in [-0.1, -0.05) is 12.1 Å². The topological polar surface area (TPSA) is 79.8 Å². The largest absolute Gasteiger partial charge is 0.501 e. The monoisotopic (exact) mass is 380 g/mol. The molecule has 0 saturated heterocycles. The first-order valence-electron chi connectivity index (χ1n) is 6.96. The van der Waals surface area contributed by atoms with Gasteiger partial charge in [0.1, 0.15) is 5.82 Å². The minimum absolute atomic E-state index is 0.105.